The maximum Gasteiger partial charge on any atom is 0.229 e. The molecule has 3 aromatic carbocycles. The Morgan fingerprint density at radius 3 is 2.52 bits per heavy atom. The highest BCUT2D eigenvalue weighted by Gasteiger charge is 2.10. The largest absolute Gasteiger partial charge is 0.506 e. The lowest BCUT2D eigenvalue weighted by molar-refractivity contribution is 0.475. The van der Waals surface area contributed by atoms with Crippen molar-refractivity contribution in [2.75, 3.05) is 10.6 Å². The first-order chi connectivity index (χ1) is 13.2. The lowest BCUT2D eigenvalue weighted by Crippen LogP contribution is -2.06. The van der Waals surface area contributed by atoms with Gasteiger partial charge in [0.1, 0.15) is 17.4 Å². The molecular formula is C21H17FN4O. The molecule has 4 rings (SSSR count). The summed E-state index contributed by atoms with van der Waals surface area (Å²) in [6.07, 6.45) is 0. The van der Waals surface area contributed by atoms with Gasteiger partial charge in [-0.05, 0) is 29.8 Å². The van der Waals surface area contributed by atoms with E-state index in [4.69, 9.17) is 0 Å². The van der Waals surface area contributed by atoms with E-state index in [9.17, 15) is 9.50 Å². The number of phenols is 1. The number of fused-ring (bicyclic) bond motifs is 1. The molecule has 3 N–H and O–H groups in total. The smallest absolute Gasteiger partial charge is 0.229 e. The molecule has 0 unspecified atom stereocenters. The molecule has 6 heteroatoms. The van der Waals surface area contributed by atoms with E-state index >= 15 is 0 Å². The second kappa shape index (κ2) is 7.29. The summed E-state index contributed by atoms with van der Waals surface area (Å²) < 4.78 is 13.5. The van der Waals surface area contributed by atoms with Gasteiger partial charge in [0.25, 0.3) is 0 Å². The zero-order chi connectivity index (χ0) is 18.6. The van der Waals surface area contributed by atoms with Crippen molar-refractivity contribution in [3.63, 3.8) is 0 Å². The van der Waals surface area contributed by atoms with E-state index in [1.807, 2.05) is 54.6 Å². The Morgan fingerprint density at radius 1 is 0.889 bits per heavy atom. The highest BCUT2D eigenvalue weighted by Crippen LogP contribution is 2.28. The summed E-state index contributed by atoms with van der Waals surface area (Å²) in [4.78, 5) is 8.98. The molecule has 4 aromatic rings. The first-order valence-corrected chi connectivity index (χ1v) is 8.49. The van der Waals surface area contributed by atoms with Gasteiger partial charge in [0.15, 0.2) is 0 Å². The normalized spacial score (nSPS) is 10.7. The number of aromatic nitrogens is 2. The molecule has 0 amide bonds. The second-order valence-electron chi connectivity index (χ2n) is 6.04. The van der Waals surface area contributed by atoms with Gasteiger partial charge in [0.05, 0.1) is 11.2 Å². The minimum atomic E-state index is -0.460. The first kappa shape index (κ1) is 16.8. The average molecular weight is 360 g/mol. The average Bonchev–Trinajstić information content (AvgIpc) is 2.70. The molecule has 0 aliphatic rings. The molecule has 0 atom stereocenters. The molecule has 0 aliphatic carbocycles. The molecule has 134 valence electrons. The number of rotatable bonds is 5. The predicted molar refractivity (Wildman–Crippen MR) is 105 cm³/mol. The predicted octanol–water partition coefficient (Wildman–Crippen LogP) is 4.83. The van der Waals surface area contributed by atoms with E-state index in [0.29, 0.717) is 12.4 Å². The molecule has 27 heavy (non-hydrogen) atoms. The number of phenolic OH excluding ortho intramolecular Hbond substituents is 1. The molecule has 5 nitrogen and oxygen atoms in total. The van der Waals surface area contributed by atoms with E-state index in [0.717, 1.165) is 16.5 Å². The molecule has 0 bridgehead atoms. The number of nitrogens with zero attached hydrogens (tertiary/aromatic N) is 2. The number of hydrogen-bond acceptors (Lipinski definition) is 5. The summed E-state index contributed by atoms with van der Waals surface area (Å²) in [5.41, 5.74) is 2.07. The van der Waals surface area contributed by atoms with Crippen LogP contribution in [-0.4, -0.2) is 15.1 Å². The van der Waals surface area contributed by atoms with Crippen LogP contribution in [0.25, 0.3) is 10.9 Å². The van der Waals surface area contributed by atoms with Gasteiger partial charge in [-0.25, -0.2) is 9.37 Å². The van der Waals surface area contributed by atoms with Crippen LogP contribution in [-0.2, 0) is 6.54 Å². The Balaban J connectivity index is 1.68. The minimum absolute atomic E-state index is 0.0769. The monoisotopic (exact) mass is 360 g/mol. The van der Waals surface area contributed by atoms with Crippen LogP contribution in [0.4, 0.5) is 21.8 Å². The standard InChI is InChI=1S/C21H17FN4O/c22-15-10-11-19(27)18(12-15)25-21-24-17-9-5-4-8-16(17)20(26-21)23-13-14-6-2-1-3-7-14/h1-12,27H,13H2,(H2,23,24,25,26). The van der Waals surface area contributed by atoms with Crippen LogP contribution in [0.5, 0.6) is 5.75 Å². The van der Waals surface area contributed by atoms with Gasteiger partial charge in [-0.1, -0.05) is 42.5 Å². The summed E-state index contributed by atoms with van der Waals surface area (Å²) in [6, 6.07) is 21.3. The molecule has 0 aliphatic heterocycles. The Kier molecular flexibility index (Phi) is 4.53. The second-order valence-corrected chi connectivity index (χ2v) is 6.04. The third-order valence-corrected chi connectivity index (χ3v) is 4.11. The molecule has 0 fully saturated rings. The van der Waals surface area contributed by atoms with E-state index < -0.39 is 5.82 Å². The SMILES string of the molecule is Oc1ccc(F)cc1Nc1nc(NCc2ccccc2)c2ccccc2n1. The van der Waals surface area contributed by atoms with Crippen molar-refractivity contribution in [3.8, 4) is 5.75 Å². The fourth-order valence-corrected chi connectivity index (χ4v) is 2.78. The summed E-state index contributed by atoms with van der Waals surface area (Å²) >= 11 is 0. The van der Waals surface area contributed by atoms with Crippen molar-refractivity contribution >= 4 is 28.4 Å². The highest BCUT2D eigenvalue weighted by molar-refractivity contribution is 5.90. The zero-order valence-electron chi connectivity index (χ0n) is 14.4. The van der Waals surface area contributed by atoms with Crippen molar-refractivity contribution in [3.05, 3.63) is 84.2 Å². The Labute approximate surface area is 155 Å². The van der Waals surface area contributed by atoms with E-state index in [-0.39, 0.29) is 17.4 Å². The summed E-state index contributed by atoms with van der Waals surface area (Å²) in [6.45, 7) is 0.604. The lowest BCUT2D eigenvalue weighted by atomic mass is 10.2. The molecular weight excluding hydrogens is 343 g/mol. The van der Waals surface area contributed by atoms with Gasteiger partial charge >= 0.3 is 0 Å². The molecule has 0 radical (unpaired) electrons. The lowest BCUT2D eigenvalue weighted by Gasteiger charge is -2.12. The number of para-hydroxylation sites is 1. The van der Waals surface area contributed by atoms with Gasteiger partial charge in [-0.3, -0.25) is 0 Å². The van der Waals surface area contributed by atoms with E-state index in [1.165, 1.54) is 18.2 Å². The van der Waals surface area contributed by atoms with Crippen LogP contribution in [0, 0.1) is 5.82 Å². The molecule has 0 spiro atoms. The number of nitrogens with one attached hydrogen (secondary N) is 2. The quantitative estimate of drug-likeness (QED) is 0.445. The Morgan fingerprint density at radius 2 is 1.67 bits per heavy atom. The Hall–Kier alpha value is -3.67. The zero-order valence-corrected chi connectivity index (χ0v) is 14.4. The van der Waals surface area contributed by atoms with E-state index in [2.05, 4.69) is 20.6 Å². The van der Waals surface area contributed by atoms with E-state index in [1.54, 1.807) is 0 Å². The summed E-state index contributed by atoms with van der Waals surface area (Å²) in [5, 5.41) is 17.0. The number of aromatic hydroxyl groups is 1. The van der Waals surface area contributed by atoms with Crippen molar-refractivity contribution in [1.29, 1.82) is 0 Å². The van der Waals surface area contributed by atoms with Crippen molar-refractivity contribution in [2.45, 2.75) is 6.54 Å². The van der Waals surface area contributed by atoms with Gasteiger partial charge in [-0.2, -0.15) is 4.98 Å². The molecule has 1 aromatic heterocycles. The number of halogens is 1. The molecule has 1 heterocycles. The van der Waals surface area contributed by atoms with Crippen molar-refractivity contribution in [2.24, 2.45) is 0 Å². The number of anilines is 3. The first-order valence-electron chi connectivity index (χ1n) is 8.49. The van der Waals surface area contributed by atoms with Gasteiger partial charge < -0.3 is 15.7 Å². The molecule has 0 saturated heterocycles. The Bertz CT molecular complexity index is 1090. The van der Waals surface area contributed by atoms with Gasteiger partial charge in [-0.15, -0.1) is 0 Å². The van der Waals surface area contributed by atoms with Crippen LogP contribution in [0.1, 0.15) is 5.56 Å². The minimum Gasteiger partial charge on any atom is -0.506 e. The third-order valence-electron chi connectivity index (χ3n) is 4.11. The fourth-order valence-electron chi connectivity index (χ4n) is 2.78. The van der Waals surface area contributed by atoms with Gasteiger partial charge in [0.2, 0.25) is 5.95 Å². The maximum absolute atomic E-state index is 13.5. The van der Waals surface area contributed by atoms with Crippen LogP contribution >= 0.6 is 0 Å². The number of hydrogen-bond donors (Lipinski definition) is 3. The van der Waals surface area contributed by atoms with Crippen LogP contribution in [0.3, 0.4) is 0 Å². The maximum atomic E-state index is 13.5. The van der Waals surface area contributed by atoms with Crippen LogP contribution in [0.15, 0.2) is 72.8 Å². The van der Waals surface area contributed by atoms with Gasteiger partial charge in [0, 0.05) is 18.0 Å². The fraction of sp³-hybridized carbons (Fsp3) is 0.0476. The highest BCUT2D eigenvalue weighted by atomic mass is 19.1. The topological polar surface area (TPSA) is 70.1 Å². The van der Waals surface area contributed by atoms with Crippen molar-refractivity contribution in [1.82, 2.24) is 9.97 Å². The summed E-state index contributed by atoms with van der Waals surface area (Å²) in [5.74, 6) is 0.387. The van der Waals surface area contributed by atoms with Crippen LogP contribution < -0.4 is 10.6 Å². The number of benzene rings is 3. The summed E-state index contributed by atoms with van der Waals surface area (Å²) in [7, 11) is 0. The third kappa shape index (κ3) is 3.79. The van der Waals surface area contributed by atoms with Crippen molar-refractivity contribution < 1.29 is 9.50 Å². The van der Waals surface area contributed by atoms with Crippen LogP contribution in [0.2, 0.25) is 0 Å². The molecule has 0 saturated carbocycles.